The third-order valence-corrected chi connectivity index (χ3v) is 4.96. The third kappa shape index (κ3) is 3.82. The van der Waals surface area contributed by atoms with Crippen molar-refractivity contribution in [2.45, 2.75) is 32.7 Å². The van der Waals surface area contributed by atoms with Crippen molar-refractivity contribution < 1.29 is 0 Å². The van der Waals surface area contributed by atoms with E-state index in [9.17, 15) is 0 Å². The van der Waals surface area contributed by atoms with Gasteiger partial charge in [0.1, 0.15) is 0 Å². The van der Waals surface area contributed by atoms with E-state index in [4.69, 9.17) is 11.6 Å². The number of benzene rings is 1. The van der Waals surface area contributed by atoms with Gasteiger partial charge in [-0.05, 0) is 35.6 Å². The topological polar surface area (TPSA) is 12.0 Å². The molecule has 1 aromatic carbocycles. The summed E-state index contributed by atoms with van der Waals surface area (Å²) < 4.78 is 0. The van der Waals surface area contributed by atoms with Crippen LogP contribution in [0.5, 0.6) is 0 Å². The molecule has 0 saturated carbocycles. The summed E-state index contributed by atoms with van der Waals surface area (Å²) in [6, 6.07) is 10.6. The van der Waals surface area contributed by atoms with Gasteiger partial charge in [-0.2, -0.15) is 0 Å². The molecule has 3 heteroatoms. The van der Waals surface area contributed by atoms with E-state index in [1.54, 1.807) is 0 Å². The van der Waals surface area contributed by atoms with Crippen LogP contribution in [-0.4, -0.2) is 6.54 Å². The monoisotopic (exact) mass is 293 g/mol. The zero-order chi connectivity index (χ0) is 13.9. The molecule has 1 aromatic heterocycles. The smallest absolute Gasteiger partial charge is 0.0438 e. The molecule has 0 aliphatic carbocycles. The quantitative estimate of drug-likeness (QED) is 0.837. The van der Waals surface area contributed by atoms with Gasteiger partial charge in [0.25, 0.3) is 0 Å². The van der Waals surface area contributed by atoms with Crippen molar-refractivity contribution in [3.05, 3.63) is 56.7 Å². The highest BCUT2D eigenvalue weighted by atomic mass is 35.5. The van der Waals surface area contributed by atoms with Crippen LogP contribution in [0.1, 0.15) is 29.9 Å². The van der Waals surface area contributed by atoms with Gasteiger partial charge in [-0.15, -0.1) is 11.3 Å². The molecule has 102 valence electrons. The molecule has 0 atom stereocenters. The maximum Gasteiger partial charge on any atom is 0.0438 e. The molecule has 0 saturated heterocycles. The maximum atomic E-state index is 6.14. The normalized spacial score (nSPS) is 11.8. The average Bonchev–Trinajstić information content (AvgIpc) is 2.88. The first kappa shape index (κ1) is 14.6. The molecule has 0 aliphatic rings. The first-order chi connectivity index (χ1) is 8.99. The van der Waals surface area contributed by atoms with E-state index >= 15 is 0 Å². The van der Waals surface area contributed by atoms with Crippen molar-refractivity contribution in [2.75, 3.05) is 6.54 Å². The van der Waals surface area contributed by atoms with Crippen LogP contribution < -0.4 is 5.32 Å². The number of rotatable bonds is 5. The Balaban J connectivity index is 1.91. The molecule has 1 nitrogen and oxygen atoms in total. The summed E-state index contributed by atoms with van der Waals surface area (Å²) in [7, 11) is 0. The Kier molecular flexibility index (Phi) is 4.67. The SMILES string of the molecule is Cc1ccc(CNCC(C)(C)c2cccs2)cc1Cl. The van der Waals surface area contributed by atoms with Gasteiger partial charge < -0.3 is 5.32 Å². The van der Waals surface area contributed by atoms with Gasteiger partial charge in [0.05, 0.1) is 0 Å². The molecule has 0 radical (unpaired) electrons. The Bertz CT molecular complexity index is 532. The lowest BCUT2D eigenvalue weighted by Gasteiger charge is -2.23. The summed E-state index contributed by atoms with van der Waals surface area (Å²) in [5.41, 5.74) is 2.53. The molecular formula is C16H20ClNS. The second-order valence-corrected chi connectivity index (χ2v) is 6.90. The molecule has 0 bridgehead atoms. The van der Waals surface area contributed by atoms with Crippen LogP contribution in [0.15, 0.2) is 35.7 Å². The van der Waals surface area contributed by atoms with Crippen LogP contribution in [0.3, 0.4) is 0 Å². The fraction of sp³-hybridized carbons (Fsp3) is 0.375. The maximum absolute atomic E-state index is 6.14. The molecule has 0 amide bonds. The van der Waals surface area contributed by atoms with E-state index in [2.05, 4.69) is 48.8 Å². The number of hydrogen-bond donors (Lipinski definition) is 1. The first-order valence-electron chi connectivity index (χ1n) is 6.49. The van der Waals surface area contributed by atoms with Crippen molar-refractivity contribution in [1.82, 2.24) is 5.32 Å². The van der Waals surface area contributed by atoms with E-state index in [1.807, 2.05) is 24.3 Å². The molecule has 0 unspecified atom stereocenters. The standard InChI is InChI=1S/C16H20ClNS/c1-12-6-7-13(9-14(12)17)10-18-11-16(2,3)15-5-4-8-19-15/h4-9,18H,10-11H2,1-3H3. The number of aryl methyl sites for hydroxylation is 1. The minimum absolute atomic E-state index is 0.169. The predicted octanol–water partition coefficient (Wildman–Crippen LogP) is 4.78. The lowest BCUT2D eigenvalue weighted by atomic mass is 9.91. The molecule has 0 spiro atoms. The van der Waals surface area contributed by atoms with Gasteiger partial charge in [0, 0.05) is 28.4 Å². The van der Waals surface area contributed by atoms with Gasteiger partial charge in [0.2, 0.25) is 0 Å². The van der Waals surface area contributed by atoms with Gasteiger partial charge >= 0.3 is 0 Å². The van der Waals surface area contributed by atoms with Crippen molar-refractivity contribution >= 4 is 22.9 Å². The molecule has 2 rings (SSSR count). The average molecular weight is 294 g/mol. The Morgan fingerprint density at radius 3 is 2.68 bits per heavy atom. The van der Waals surface area contributed by atoms with Crippen LogP contribution in [0.25, 0.3) is 0 Å². The second kappa shape index (κ2) is 6.08. The highest BCUT2D eigenvalue weighted by Crippen LogP contribution is 2.26. The largest absolute Gasteiger partial charge is 0.312 e. The Morgan fingerprint density at radius 1 is 1.26 bits per heavy atom. The molecule has 1 N–H and O–H groups in total. The third-order valence-electron chi connectivity index (χ3n) is 3.32. The fourth-order valence-corrected chi connectivity index (χ4v) is 3.07. The minimum atomic E-state index is 0.169. The van der Waals surface area contributed by atoms with Crippen molar-refractivity contribution in [3.8, 4) is 0 Å². The van der Waals surface area contributed by atoms with E-state index in [0.717, 1.165) is 23.7 Å². The molecule has 19 heavy (non-hydrogen) atoms. The molecular weight excluding hydrogens is 274 g/mol. The number of thiophene rings is 1. The van der Waals surface area contributed by atoms with E-state index < -0.39 is 0 Å². The first-order valence-corrected chi connectivity index (χ1v) is 7.74. The van der Waals surface area contributed by atoms with Crippen LogP contribution in [0.4, 0.5) is 0 Å². The Morgan fingerprint density at radius 2 is 2.05 bits per heavy atom. The highest BCUT2D eigenvalue weighted by molar-refractivity contribution is 7.10. The minimum Gasteiger partial charge on any atom is -0.312 e. The summed E-state index contributed by atoms with van der Waals surface area (Å²) in [5, 5.41) is 6.50. The molecule has 0 fully saturated rings. The van der Waals surface area contributed by atoms with Gasteiger partial charge in [-0.25, -0.2) is 0 Å². The zero-order valence-electron chi connectivity index (χ0n) is 11.7. The summed E-state index contributed by atoms with van der Waals surface area (Å²) in [6.07, 6.45) is 0. The number of halogens is 1. The lowest BCUT2D eigenvalue weighted by Crippen LogP contribution is -2.31. The molecule has 2 aromatic rings. The predicted molar refractivity (Wildman–Crippen MR) is 85.2 cm³/mol. The zero-order valence-corrected chi connectivity index (χ0v) is 13.2. The lowest BCUT2D eigenvalue weighted by molar-refractivity contribution is 0.477. The van der Waals surface area contributed by atoms with Crippen molar-refractivity contribution in [1.29, 1.82) is 0 Å². The summed E-state index contributed by atoms with van der Waals surface area (Å²) >= 11 is 7.96. The summed E-state index contributed by atoms with van der Waals surface area (Å²) in [5.74, 6) is 0. The summed E-state index contributed by atoms with van der Waals surface area (Å²) in [6.45, 7) is 8.38. The van der Waals surface area contributed by atoms with E-state index in [1.165, 1.54) is 10.4 Å². The second-order valence-electron chi connectivity index (χ2n) is 5.55. The molecule has 1 heterocycles. The van der Waals surface area contributed by atoms with E-state index in [0.29, 0.717) is 0 Å². The van der Waals surface area contributed by atoms with Crippen LogP contribution >= 0.6 is 22.9 Å². The van der Waals surface area contributed by atoms with Crippen LogP contribution in [0, 0.1) is 6.92 Å². The van der Waals surface area contributed by atoms with Gasteiger partial charge in [0.15, 0.2) is 0 Å². The number of nitrogens with one attached hydrogen (secondary N) is 1. The Hall–Kier alpha value is -0.830. The van der Waals surface area contributed by atoms with Gasteiger partial charge in [-0.3, -0.25) is 0 Å². The van der Waals surface area contributed by atoms with Gasteiger partial charge in [-0.1, -0.05) is 43.6 Å². The van der Waals surface area contributed by atoms with E-state index in [-0.39, 0.29) is 5.41 Å². The molecule has 0 aliphatic heterocycles. The number of hydrogen-bond acceptors (Lipinski definition) is 2. The van der Waals surface area contributed by atoms with Crippen molar-refractivity contribution in [2.24, 2.45) is 0 Å². The van der Waals surface area contributed by atoms with Crippen LogP contribution in [-0.2, 0) is 12.0 Å². The van der Waals surface area contributed by atoms with Crippen LogP contribution in [0.2, 0.25) is 5.02 Å². The van der Waals surface area contributed by atoms with Crippen molar-refractivity contribution in [3.63, 3.8) is 0 Å². The highest BCUT2D eigenvalue weighted by Gasteiger charge is 2.20. The fourth-order valence-electron chi connectivity index (χ4n) is 2.02. The summed E-state index contributed by atoms with van der Waals surface area (Å²) in [4.78, 5) is 1.42. The Labute approximate surface area is 124 Å².